The Labute approximate surface area is 127 Å². The number of hydrogen-bond acceptors (Lipinski definition) is 3. The van der Waals surface area contributed by atoms with Crippen LogP contribution >= 0.6 is 11.3 Å². The molecule has 0 radical (unpaired) electrons. The molecule has 3 aromatic rings. The number of ether oxygens (including phenoxy) is 1. The molecule has 2 aromatic carbocycles. The Morgan fingerprint density at radius 2 is 1.95 bits per heavy atom. The van der Waals surface area contributed by atoms with Gasteiger partial charge >= 0.3 is 0 Å². The largest absolute Gasteiger partial charge is 0.496 e. The third kappa shape index (κ3) is 2.64. The van der Waals surface area contributed by atoms with Gasteiger partial charge in [0.2, 0.25) is 0 Å². The van der Waals surface area contributed by atoms with Crippen LogP contribution in [0.2, 0.25) is 0 Å². The molecule has 1 atom stereocenters. The summed E-state index contributed by atoms with van der Waals surface area (Å²) in [4.78, 5) is 1.03. The van der Waals surface area contributed by atoms with Crippen LogP contribution in [0.15, 0.2) is 42.5 Å². The maximum Gasteiger partial charge on any atom is 0.124 e. The zero-order chi connectivity index (χ0) is 15.0. The predicted molar refractivity (Wildman–Crippen MR) is 85.5 cm³/mol. The van der Waals surface area contributed by atoms with Crippen molar-refractivity contribution < 1.29 is 9.13 Å². The number of methoxy groups -OCH3 is 1. The first-order chi connectivity index (χ1) is 10.1. The monoisotopic (exact) mass is 301 g/mol. The number of fused-ring (bicyclic) bond motifs is 1. The molecule has 0 saturated heterocycles. The number of benzene rings is 2. The topological polar surface area (TPSA) is 35.2 Å². The predicted octanol–water partition coefficient (Wildman–Crippen LogP) is 4.41. The Balaban J connectivity index is 1.99. The van der Waals surface area contributed by atoms with E-state index in [0.29, 0.717) is 0 Å². The Kier molecular flexibility index (Phi) is 3.66. The van der Waals surface area contributed by atoms with Crippen molar-refractivity contribution in [3.05, 3.63) is 64.3 Å². The molecule has 0 amide bonds. The smallest absolute Gasteiger partial charge is 0.124 e. The molecule has 0 spiro atoms. The van der Waals surface area contributed by atoms with Gasteiger partial charge in [0, 0.05) is 9.58 Å². The summed E-state index contributed by atoms with van der Waals surface area (Å²) in [6.07, 6.45) is 0. The molecule has 2 N–H and O–H groups in total. The summed E-state index contributed by atoms with van der Waals surface area (Å²) in [5.41, 5.74) is 8.44. The fraction of sp³-hybridized carbons (Fsp3) is 0.176. The summed E-state index contributed by atoms with van der Waals surface area (Å²) in [6, 6.07) is 12.6. The Bertz CT molecular complexity index is 797. The maximum absolute atomic E-state index is 13.3. The minimum Gasteiger partial charge on any atom is -0.496 e. The van der Waals surface area contributed by atoms with Crippen LogP contribution in [0.5, 0.6) is 5.75 Å². The van der Waals surface area contributed by atoms with Gasteiger partial charge in [-0.2, -0.15) is 0 Å². The van der Waals surface area contributed by atoms with Crippen molar-refractivity contribution in [2.45, 2.75) is 13.0 Å². The van der Waals surface area contributed by atoms with Gasteiger partial charge in [0.25, 0.3) is 0 Å². The molecule has 2 nitrogen and oxygen atoms in total. The van der Waals surface area contributed by atoms with Crippen molar-refractivity contribution in [2.75, 3.05) is 7.11 Å². The van der Waals surface area contributed by atoms with Gasteiger partial charge in [-0.25, -0.2) is 4.39 Å². The van der Waals surface area contributed by atoms with Crippen LogP contribution in [-0.4, -0.2) is 7.11 Å². The van der Waals surface area contributed by atoms with Crippen molar-refractivity contribution in [2.24, 2.45) is 5.73 Å². The first kappa shape index (κ1) is 14.0. The number of hydrogen-bond donors (Lipinski definition) is 1. The highest BCUT2D eigenvalue weighted by atomic mass is 32.1. The second kappa shape index (κ2) is 5.47. The van der Waals surface area contributed by atoms with E-state index in [2.05, 4.69) is 0 Å². The zero-order valence-electron chi connectivity index (χ0n) is 11.9. The quantitative estimate of drug-likeness (QED) is 0.778. The molecule has 4 heteroatoms. The van der Waals surface area contributed by atoms with E-state index in [-0.39, 0.29) is 11.9 Å². The van der Waals surface area contributed by atoms with E-state index in [1.807, 2.05) is 31.2 Å². The number of thiophene rings is 1. The van der Waals surface area contributed by atoms with Crippen molar-refractivity contribution in [1.29, 1.82) is 0 Å². The van der Waals surface area contributed by atoms with Crippen LogP contribution in [0.25, 0.3) is 10.1 Å². The summed E-state index contributed by atoms with van der Waals surface area (Å²) in [6.45, 7) is 2.00. The minimum absolute atomic E-state index is 0.213. The first-order valence-corrected chi connectivity index (χ1v) is 7.49. The average Bonchev–Trinajstić information content (AvgIpc) is 2.89. The molecule has 1 aromatic heterocycles. The first-order valence-electron chi connectivity index (χ1n) is 6.67. The third-order valence-electron chi connectivity index (χ3n) is 3.59. The van der Waals surface area contributed by atoms with Gasteiger partial charge in [-0.05, 0) is 47.7 Å². The molecular formula is C17H16FNOS. The van der Waals surface area contributed by atoms with Crippen LogP contribution in [0.4, 0.5) is 4.39 Å². The Morgan fingerprint density at radius 1 is 1.14 bits per heavy atom. The highest BCUT2D eigenvalue weighted by molar-refractivity contribution is 7.19. The molecule has 0 aliphatic carbocycles. The maximum atomic E-state index is 13.3. The van der Waals surface area contributed by atoms with Gasteiger partial charge in [0.15, 0.2) is 0 Å². The lowest BCUT2D eigenvalue weighted by Gasteiger charge is -2.12. The van der Waals surface area contributed by atoms with Gasteiger partial charge in [-0.15, -0.1) is 11.3 Å². The van der Waals surface area contributed by atoms with Crippen LogP contribution in [-0.2, 0) is 0 Å². The van der Waals surface area contributed by atoms with Gasteiger partial charge in [-0.3, -0.25) is 0 Å². The SMILES string of the molecule is COc1ccc(C(N)c2cc3ccc(F)cc3s2)cc1C. The van der Waals surface area contributed by atoms with Crippen molar-refractivity contribution >= 4 is 21.4 Å². The molecule has 0 fully saturated rings. The normalized spacial score (nSPS) is 12.6. The molecule has 0 aliphatic rings. The van der Waals surface area contributed by atoms with E-state index >= 15 is 0 Å². The van der Waals surface area contributed by atoms with Crippen LogP contribution in [0.1, 0.15) is 22.0 Å². The molecule has 108 valence electrons. The Morgan fingerprint density at radius 3 is 2.67 bits per heavy atom. The standard InChI is InChI=1S/C17H16FNOS/c1-10-7-12(4-6-14(10)20-2)17(19)16-8-11-3-5-13(18)9-15(11)21-16/h3-9,17H,19H2,1-2H3. The zero-order valence-corrected chi connectivity index (χ0v) is 12.7. The molecule has 0 saturated carbocycles. The summed E-state index contributed by atoms with van der Waals surface area (Å²) >= 11 is 1.53. The van der Waals surface area contributed by atoms with Crippen LogP contribution in [0.3, 0.4) is 0 Å². The summed E-state index contributed by atoms with van der Waals surface area (Å²) in [5, 5.41) is 1.03. The van der Waals surface area contributed by atoms with Crippen LogP contribution < -0.4 is 10.5 Å². The molecule has 3 rings (SSSR count). The van der Waals surface area contributed by atoms with Gasteiger partial charge in [0.05, 0.1) is 13.2 Å². The highest BCUT2D eigenvalue weighted by Gasteiger charge is 2.14. The number of rotatable bonds is 3. The fourth-order valence-electron chi connectivity index (χ4n) is 2.44. The number of aryl methyl sites for hydroxylation is 1. The van der Waals surface area contributed by atoms with E-state index in [1.165, 1.54) is 17.4 Å². The second-order valence-electron chi connectivity index (χ2n) is 5.04. The molecular weight excluding hydrogens is 285 g/mol. The van der Waals surface area contributed by atoms with E-state index in [1.54, 1.807) is 19.2 Å². The molecule has 1 unspecified atom stereocenters. The molecule has 1 heterocycles. The van der Waals surface area contributed by atoms with E-state index < -0.39 is 0 Å². The van der Waals surface area contributed by atoms with Gasteiger partial charge in [-0.1, -0.05) is 18.2 Å². The van der Waals surface area contributed by atoms with Gasteiger partial charge < -0.3 is 10.5 Å². The molecule has 0 aliphatic heterocycles. The van der Waals surface area contributed by atoms with Crippen molar-refractivity contribution in [3.63, 3.8) is 0 Å². The number of halogens is 1. The molecule has 21 heavy (non-hydrogen) atoms. The molecule has 0 bridgehead atoms. The summed E-state index contributed by atoms with van der Waals surface area (Å²) in [7, 11) is 1.66. The Hall–Kier alpha value is -1.91. The minimum atomic E-state index is -0.218. The van der Waals surface area contributed by atoms with E-state index in [4.69, 9.17) is 10.5 Å². The van der Waals surface area contributed by atoms with Gasteiger partial charge in [0.1, 0.15) is 11.6 Å². The second-order valence-corrected chi connectivity index (χ2v) is 6.15. The average molecular weight is 301 g/mol. The lowest BCUT2D eigenvalue weighted by atomic mass is 10.0. The van der Waals surface area contributed by atoms with E-state index in [0.717, 1.165) is 31.8 Å². The summed E-state index contributed by atoms with van der Waals surface area (Å²) in [5.74, 6) is 0.633. The lowest BCUT2D eigenvalue weighted by molar-refractivity contribution is 0.411. The van der Waals surface area contributed by atoms with E-state index in [9.17, 15) is 4.39 Å². The summed E-state index contributed by atoms with van der Waals surface area (Å²) < 4.78 is 19.5. The fourth-order valence-corrected chi connectivity index (χ4v) is 3.56. The van der Waals surface area contributed by atoms with Crippen molar-refractivity contribution in [1.82, 2.24) is 0 Å². The lowest BCUT2D eigenvalue weighted by Crippen LogP contribution is -2.10. The van der Waals surface area contributed by atoms with Crippen molar-refractivity contribution in [3.8, 4) is 5.75 Å². The van der Waals surface area contributed by atoms with Crippen LogP contribution in [0, 0.1) is 12.7 Å². The third-order valence-corrected chi connectivity index (χ3v) is 4.77. The number of nitrogens with two attached hydrogens (primary N) is 1. The highest BCUT2D eigenvalue weighted by Crippen LogP contribution is 2.33.